The van der Waals surface area contributed by atoms with Gasteiger partial charge in [-0.25, -0.2) is 4.79 Å². The molecule has 2 rings (SSSR count). The molecule has 6 heteroatoms. The van der Waals surface area contributed by atoms with E-state index in [1.165, 1.54) is 6.08 Å². The predicted octanol–water partition coefficient (Wildman–Crippen LogP) is 5.16. The summed E-state index contributed by atoms with van der Waals surface area (Å²) in [7, 11) is 0. The van der Waals surface area contributed by atoms with Crippen molar-refractivity contribution in [3.63, 3.8) is 0 Å². The number of halogens is 2. The summed E-state index contributed by atoms with van der Waals surface area (Å²) in [6.07, 6.45) is 2.90. The Balaban J connectivity index is 2.26. The quantitative estimate of drug-likeness (QED) is 0.555. The first-order valence-electron chi connectivity index (χ1n) is 7.66. The van der Waals surface area contributed by atoms with Crippen LogP contribution in [-0.4, -0.2) is 17.7 Å². The average Bonchev–Trinajstić information content (AvgIpc) is 2.56. The zero-order chi connectivity index (χ0) is 18.4. The maximum absolute atomic E-state index is 11.5. The average molecular weight is 381 g/mol. The van der Waals surface area contributed by atoms with Gasteiger partial charge in [0.25, 0.3) is 0 Å². The third-order valence-corrected chi connectivity index (χ3v) is 4.07. The minimum absolute atomic E-state index is 0.102. The lowest BCUT2D eigenvalue weighted by molar-refractivity contribution is -0.137. The molecular weight excluding hydrogens is 363 g/mol. The van der Waals surface area contributed by atoms with Gasteiger partial charge >= 0.3 is 5.97 Å². The van der Waals surface area contributed by atoms with Crippen LogP contribution in [0.4, 0.5) is 0 Å². The number of esters is 1. The Labute approximate surface area is 156 Å². The number of hydrogen-bond acceptors (Lipinski definition) is 4. The second-order valence-corrected chi connectivity index (χ2v) is 6.08. The van der Waals surface area contributed by atoms with Gasteiger partial charge in [0, 0.05) is 32.8 Å². The second kappa shape index (κ2) is 8.79. The summed E-state index contributed by atoms with van der Waals surface area (Å²) in [5.41, 5.74) is 1.97. The number of hydrogen-bond donors (Lipinski definition) is 1. The van der Waals surface area contributed by atoms with Gasteiger partial charge in [-0.3, -0.25) is 0 Å². The van der Waals surface area contributed by atoms with Crippen molar-refractivity contribution in [1.82, 2.24) is 0 Å². The largest absolute Gasteiger partial charge is 0.508 e. The zero-order valence-electron chi connectivity index (χ0n) is 13.9. The number of carbonyl (C=O) groups is 1. The summed E-state index contributed by atoms with van der Waals surface area (Å²) in [6, 6.07) is 8.35. The molecule has 0 saturated heterocycles. The van der Waals surface area contributed by atoms with Gasteiger partial charge in [-0.1, -0.05) is 29.3 Å². The lowest BCUT2D eigenvalue weighted by atomic mass is 10.1. The summed E-state index contributed by atoms with van der Waals surface area (Å²) in [5, 5.41) is 11.0. The van der Waals surface area contributed by atoms with Gasteiger partial charge < -0.3 is 14.6 Å². The van der Waals surface area contributed by atoms with Crippen molar-refractivity contribution < 1.29 is 19.4 Å². The minimum Gasteiger partial charge on any atom is -0.508 e. The third kappa shape index (κ3) is 5.15. The van der Waals surface area contributed by atoms with Crippen LogP contribution in [0.15, 0.2) is 36.4 Å². The highest BCUT2D eigenvalue weighted by atomic mass is 35.5. The molecular formula is C19H18Cl2O4. The molecule has 0 bridgehead atoms. The highest BCUT2D eigenvalue weighted by molar-refractivity contribution is 6.35. The molecule has 0 amide bonds. The molecule has 4 nitrogen and oxygen atoms in total. The predicted molar refractivity (Wildman–Crippen MR) is 99.3 cm³/mol. The smallest absolute Gasteiger partial charge is 0.330 e. The van der Waals surface area contributed by atoms with E-state index >= 15 is 0 Å². The molecule has 0 saturated carbocycles. The van der Waals surface area contributed by atoms with Crippen molar-refractivity contribution in [3.8, 4) is 11.5 Å². The van der Waals surface area contributed by atoms with E-state index < -0.39 is 5.97 Å². The number of carbonyl (C=O) groups excluding carboxylic acids is 1. The lowest BCUT2D eigenvalue weighted by Crippen LogP contribution is -2.01. The van der Waals surface area contributed by atoms with Gasteiger partial charge in [-0.2, -0.15) is 0 Å². The summed E-state index contributed by atoms with van der Waals surface area (Å²) in [6.45, 7) is 3.97. The van der Waals surface area contributed by atoms with Crippen molar-refractivity contribution in [2.45, 2.75) is 20.5 Å². The Kier molecular flexibility index (Phi) is 6.73. The van der Waals surface area contributed by atoms with Crippen molar-refractivity contribution in [2.75, 3.05) is 6.61 Å². The highest BCUT2D eigenvalue weighted by Crippen LogP contribution is 2.33. The van der Waals surface area contributed by atoms with Crippen LogP contribution in [0.25, 0.3) is 6.08 Å². The molecule has 0 fully saturated rings. The van der Waals surface area contributed by atoms with Crippen LogP contribution in [0.5, 0.6) is 11.5 Å². The van der Waals surface area contributed by atoms with Gasteiger partial charge in [0.05, 0.1) is 6.61 Å². The second-order valence-electron chi connectivity index (χ2n) is 5.24. The number of benzene rings is 2. The van der Waals surface area contributed by atoms with Gasteiger partial charge in [-0.15, -0.1) is 0 Å². The first kappa shape index (κ1) is 19.2. The maximum atomic E-state index is 11.5. The molecule has 132 valence electrons. The molecule has 0 aliphatic heterocycles. The molecule has 0 unspecified atom stereocenters. The molecule has 2 aromatic rings. The summed E-state index contributed by atoms with van der Waals surface area (Å²) in [5.74, 6) is 0.122. The highest BCUT2D eigenvalue weighted by Gasteiger charge is 2.11. The molecule has 0 aliphatic carbocycles. The van der Waals surface area contributed by atoms with E-state index in [1.807, 2.05) is 0 Å². The molecule has 2 aromatic carbocycles. The molecule has 0 aromatic heterocycles. The van der Waals surface area contributed by atoms with Gasteiger partial charge in [0.2, 0.25) is 0 Å². The number of rotatable bonds is 6. The fraction of sp³-hybridized carbons (Fsp3) is 0.211. The van der Waals surface area contributed by atoms with Crippen LogP contribution in [0.1, 0.15) is 23.6 Å². The molecule has 0 spiro atoms. The summed E-state index contributed by atoms with van der Waals surface area (Å²) >= 11 is 12.0. The molecule has 1 N–H and O–H groups in total. The normalized spacial score (nSPS) is 10.9. The van der Waals surface area contributed by atoms with E-state index in [1.54, 1.807) is 50.3 Å². The first-order valence-corrected chi connectivity index (χ1v) is 8.42. The summed E-state index contributed by atoms with van der Waals surface area (Å²) in [4.78, 5) is 11.5. The van der Waals surface area contributed by atoms with Crippen molar-refractivity contribution in [2.24, 2.45) is 0 Å². The Morgan fingerprint density at radius 2 is 2.00 bits per heavy atom. The standard InChI is InChI=1S/C19H18Cl2O4/c1-3-24-18(23)9-6-13-5-8-17(22)12(2)19(13)25-11-14-4-7-15(20)10-16(14)21/h4-10,22H,3,11H2,1-2H3. The van der Waals surface area contributed by atoms with E-state index in [9.17, 15) is 9.90 Å². The van der Waals surface area contributed by atoms with E-state index in [2.05, 4.69) is 0 Å². The first-order chi connectivity index (χ1) is 11.9. The fourth-order valence-electron chi connectivity index (χ4n) is 2.16. The van der Waals surface area contributed by atoms with Crippen molar-refractivity contribution >= 4 is 35.2 Å². The van der Waals surface area contributed by atoms with Crippen molar-refractivity contribution in [1.29, 1.82) is 0 Å². The Hall–Kier alpha value is -2.17. The Bertz CT molecular complexity index is 800. The number of phenols is 1. The maximum Gasteiger partial charge on any atom is 0.330 e. The van der Waals surface area contributed by atoms with E-state index in [0.29, 0.717) is 33.5 Å². The van der Waals surface area contributed by atoms with Gasteiger partial charge in [-0.05, 0) is 44.2 Å². The van der Waals surface area contributed by atoms with Crippen molar-refractivity contribution in [3.05, 3.63) is 63.1 Å². The van der Waals surface area contributed by atoms with E-state index in [0.717, 1.165) is 5.56 Å². The molecule has 0 radical (unpaired) electrons. The lowest BCUT2D eigenvalue weighted by Gasteiger charge is -2.14. The van der Waals surface area contributed by atoms with E-state index in [-0.39, 0.29) is 12.4 Å². The van der Waals surface area contributed by atoms with Crippen LogP contribution < -0.4 is 4.74 Å². The van der Waals surface area contributed by atoms with Crippen LogP contribution in [0.3, 0.4) is 0 Å². The van der Waals surface area contributed by atoms with E-state index in [4.69, 9.17) is 32.7 Å². The van der Waals surface area contributed by atoms with Crippen LogP contribution in [0.2, 0.25) is 10.0 Å². The molecule has 0 aliphatic rings. The van der Waals surface area contributed by atoms with Crippen LogP contribution in [-0.2, 0) is 16.1 Å². The zero-order valence-corrected chi connectivity index (χ0v) is 15.4. The number of ether oxygens (including phenoxy) is 2. The number of aromatic hydroxyl groups is 1. The molecule has 0 atom stereocenters. The monoisotopic (exact) mass is 380 g/mol. The SMILES string of the molecule is CCOC(=O)C=Cc1ccc(O)c(C)c1OCc1ccc(Cl)cc1Cl. The Morgan fingerprint density at radius 3 is 2.68 bits per heavy atom. The third-order valence-electron chi connectivity index (χ3n) is 3.48. The Morgan fingerprint density at radius 1 is 1.24 bits per heavy atom. The van der Waals surface area contributed by atoms with Crippen LogP contribution >= 0.6 is 23.2 Å². The topological polar surface area (TPSA) is 55.8 Å². The molecule has 25 heavy (non-hydrogen) atoms. The summed E-state index contributed by atoms with van der Waals surface area (Å²) < 4.78 is 10.7. The van der Waals surface area contributed by atoms with Crippen LogP contribution in [0, 0.1) is 6.92 Å². The molecule has 0 heterocycles. The van der Waals surface area contributed by atoms with Gasteiger partial charge in [0.1, 0.15) is 18.1 Å². The number of phenolic OH excluding ortho intramolecular Hbond substituents is 1. The fourth-order valence-corrected chi connectivity index (χ4v) is 2.62. The minimum atomic E-state index is -0.445. The van der Waals surface area contributed by atoms with Gasteiger partial charge in [0.15, 0.2) is 0 Å².